The van der Waals surface area contributed by atoms with E-state index in [9.17, 15) is 13.2 Å². The summed E-state index contributed by atoms with van der Waals surface area (Å²) < 4.78 is 40.1. The summed E-state index contributed by atoms with van der Waals surface area (Å²) >= 11 is 5.67. The zero-order chi connectivity index (χ0) is 15.4. The molecule has 2 aromatic rings. The summed E-state index contributed by atoms with van der Waals surface area (Å²) in [6.07, 6.45) is 0.351. The zero-order valence-electron chi connectivity index (χ0n) is 11.5. The van der Waals surface area contributed by atoms with Crippen molar-refractivity contribution < 1.29 is 13.2 Å². The Morgan fingerprint density at radius 1 is 1.05 bits per heavy atom. The summed E-state index contributed by atoms with van der Waals surface area (Å²) in [5, 5.41) is 3.23. The first-order valence-corrected chi connectivity index (χ1v) is 7.00. The predicted molar refractivity (Wildman–Crippen MR) is 77.9 cm³/mol. The molecule has 0 saturated carbocycles. The van der Waals surface area contributed by atoms with Crippen LogP contribution in [0.4, 0.5) is 13.2 Å². The SMILES string of the molecule is CCNC(Cc1cc(F)cc(F)c1)c1ccc(Cl)c(F)c1. The third kappa shape index (κ3) is 4.22. The molecule has 0 aliphatic carbocycles. The van der Waals surface area contributed by atoms with Gasteiger partial charge in [0.1, 0.15) is 17.5 Å². The van der Waals surface area contributed by atoms with E-state index in [1.165, 1.54) is 24.3 Å². The van der Waals surface area contributed by atoms with Gasteiger partial charge < -0.3 is 5.32 Å². The average molecular weight is 314 g/mol. The lowest BCUT2D eigenvalue weighted by molar-refractivity contribution is 0.534. The molecule has 0 amide bonds. The summed E-state index contributed by atoms with van der Waals surface area (Å²) in [5.41, 5.74) is 1.19. The average Bonchev–Trinajstić information content (AvgIpc) is 2.40. The second-order valence-corrected chi connectivity index (χ2v) is 5.17. The molecule has 112 valence electrons. The zero-order valence-corrected chi connectivity index (χ0v) is 12.2. The van der Waals surface area contributed by atoms with Gasteiger partial charge in [0.2, 0.25) is 0 Å². The number of halogens is 4. The van der Waals surface area contributed by atoms with Crippen molar-refractivity contribution in [3.8, 4) is 0 Å². The van der Waals surface area contributed by atoms with Gasteiger partial charge >= 0.3 is 0 Å². The molecule has 0 aliphatic heterocycles. The van der Waals surface area contributed by atoms with E-state index in [0.29, 0.717) is 24.1 Å². The van der Waals surface area contributed by atoms with Crippen LogP contribution in [0.25, 0.3) is 0 Å². The van der Waals surface area contributed by atoms with Crippen LogP contribution >= 0.6 is 11.6 Å². The molecule has 0 radical (unpaired) electrons. The minimum absolute atomic E-state index is 0.0470. The first-order valence-electron chi connectivity index (χ1n) is 6.63. The highest BCUT2D eigenvalue weighted by molar-refractivity contribution is 6.30. The Balaban J connectivity index is 2.27. The fourth-order valence-electron chi connectivity index (χ4n) is 2.25. The molecule has 0 saturated heterocycles. The molecule has 0 aliphatic rings. The van der Waals surface area contributed by atoms with E-state index in [0.717, 1.165) is 6.07 Å². The lowest BCUT2D eigenvalue weighted by Crippen LogP contribution is -2.23. The Hall–Kier alpha value is -1.52. The number of hydrogen-bond acceptors (Lipinski definition) is 1. The Morgan fingerprint density at radius 3 is 2.29 bits per heavy atom. The van der Waals surface area contributed by atoms with Gasteiger partial charge in [0.15, 0.2) is 0 Å². The van der Waals surface area contributed by atoms with Crippen molar-refractivity contribution in [2.75, 3.05) is 6.54 Å². The summed E-state index contributed by atoms with van der Waals surface area (Å²) in [7, 11) is 0. The smallest absolute Gasteiger partial charge is 0.142 e. The van der Waals surface area contributed by atoms with Crippen LogP contribution in [0.15, 0.2) is 36.4 Å². The molecule has 0 heterocycles. The van der Waals surface area contributed by atoms with E-state index in [4.69, 9.17) is 11.6 Å². The van der Waals surface area contributed by atoms with Crippen molar-refractivity contribution in [1.29, 1.82) is 0 Å². The number of benzene rings is 2. The fraction of sp³-hybridized carbons (Fsp3) is 0.250. The maximum Gasteiger partial charge on any atom is 0.142 e. The summed E-state index contributed by atoms with van der Waals surface area (Å²) in [6.45, 7) is 2.55. The topological polar surface area (TPSA) is 12.0 Å². The second-order valence-electron chi connectivity index (χ2n) is 4.77. The standard InChI is InChI=1S/C16H15ClF3N/c1-2-21-16(11-3-4-14(17)15(20)8-11)7-10-5-12(18)9-13(19)6-10/h3-6,8-9,16,21H,2,7H2,1H3. The second kappa shape index (κ2) is 6.96. The van der Waals surface area contributed by atoms with E-state index in [-0.39, 0.29) is 11.1 Å². The maximum absolute atomic E-state index is 13.6. The van der Waals surface area contributed by atoms with Gasteiger partial charge in [-0.1, -0.05) is 24.6 Å². The molecule has 0 aromatic heterocycles. The highest BCUT2D eigenvalue weighted by Gasteiger charge is 2.14. The molecule has 0 spiro atoms. The molecule has 5 heteroatoms. The molecule has 1 nitrogen and oxygen atoms in total. The molecule has 0 bridgehead atoms. The highest BCUT2D eigenvalue weighted by atomic mass is 35.5. The minimum Gasteiger partial charge on any atom is -0.310 e. The van der Waals surface area contributed by atoms with E-state index in [2.05, 4.69) is 5.32 Å². The summed E-state index contributed by atoms with van der Waals surface area (Å²) in [5.74, 6) is -1.76. The largest absolute Gasteiger partial charge is 0.310 e. The Kier molecular flexibility index (Phi) is 5.26. The first-order chi connectivity index (χ1) is 9.99. The van der Waals surface area contributed by atoms with Crippen LogP contribution in [0.2, 0.25) is 5.02 Å². The number of hydrogen-bond donors (Lipinski definition) is 1. The van der Waals surface area contributed by atoms with Gasteiger partial charge in [0.05, 0.1) is 5.02 Å². The van der Waals surface area contributed by atoms with Crippen LogP contribution in [0, 0.1) is 17.5 Å². The minimum atomic E-state index is -0.623. The van der Waals surface area contributed by atoms with Crippen LogP contribution in [0.3, 0.4) is 0 Å². The lowest BCUT2D eigenvalue weighted by atomic mass is 9.98. The van der Waals surface area contributed by atoms with Crippen molar-refractivity contribution in [1.82, 2.24) is 5.32 Å². The van der Waals surface area contributed by atoms with Gasteiger partial charge in [-0.3, -0.25) is 0 Å². The number of nitrogens with one attached hydrogen (secondary N) is 1. The molecule has 1 unspecified atom stereocenters. The van der Waals surface area contributed by atoms with Crippen molar-refractivity contribution in [3.05, 3.63) is 70.0 Å². The van der Waals surface area contributed by atoms with E-state index in [1.54, 1.807) is 6.07 Å². The molecule has 1 atom stereocenters. The van der Waals surface area contributed by atoms with Crippen molar-refractivity contribution >= 4 is 11.6 Å². The van der Waals surface area contributed by atoms with Crippen LogP contribution in [0.5, 0.6) is 0 Å². The normalized spacial score (nSPS) is 12.4. The molecule has 0 fully saturated rings. The lowest BCUT2D eigenvalue weighted by Gasteiger charge is -2.19. The van der Waals surface area contributed by atoms with Gasteiger partial charge in [-0.15, -0.1) is 0 Å². The van der Waals surface area contributed by atoms with Gasteiger partial charge in [-0.25, -0.2) is 13.2 Å². The number of likely N-dealkylation sites (N-methyl/N-ethyl adjacent to an activating group) is 1. The highest BCUT2D eigenvalue weighted by Crippen LogP contribution is 2.23. The monoisotopic (exact) mass is 313 g/mol. The van der Waals surface area contributed by atoms with E-state index < -0.39 is 17.5 Å². The number of rotatable bonds is 5. The Morgan fingerprint density at radius 2 is 1.71 bits per heavy atom. The predicted octanol–water partition coefficient (Wildman–Crippen LogP) is 4.65. The summed E-state index contributed by atoms with van der Waals surface area (Å²) in [6, 6.07) is 7.65. The van der Waals surface area contributed by atoms with Crippen LogP contribution in [-0.2, 0) is 6.42 Å². The van der Waals surface area contributed by atoms with Gasteiger partial charge in [0, 0.05) is 12.1 Å². The molecule has 2 rings (SSSR count). The van der Waals surface area contributed by atoms with E-state index >= 15 is 0 Å². The van der Waals surface area contributed by atoms with Gasteiger partial charge in [-0.2, -0.15) is 0 Å². The van der Waals surface area contributed by atoms with E-state index in [1.807, 2.05) is 6.92 Å². The third-order valence-corrected chi connectivity index (χ3v) is 3.47. The van der Waals surface area contributed by atoms with Crippen LogP contribution in [-0.4, -0.2) is 6.54 Å². The van der Waals surface area contributed by atoms with Crippen molar-refractivity contribution in [3.63, 3.8) is 0 Å². The molecule has 21 heavy (non-hydrogen) atoms. The first kappa shape index (κ1) is 15.9. The fourth-order valence-corrected chi connectivity index (χ4v) is 2.37. The van der Waals surface area contributed by atoms with Crippen LogP contribution < -0.4 is 5.32 Å². The maximum atomic E-state index is 13.6. The Labute approximate surface area is 126 Å². The van der Waals surface area contributed by atoms with Gasteiger partial charge in [-0.05, 0) is 48.4 Å². The Bertz CT molecular complexity index is 611. The van der Waals surface area contributed by atoms with Crippen molar-refractivity contribution in [2.45, 2.75) is 19.4 Å². The third-order valence-electron chi connectivity index (χ3n) is 3.16. The molecule has 2 aromatic carbocycles. The van der Waals surface area contributed by atoms with Crippen molar-refractivity contribution in [2.24, 2.45) is 0 Å². The molecular weight excluding hydrogens is 299 g/mol. The molecular formula is C16H15ClF3N. The van der Waals surface area contributed by atoms with Crippen LogP contribution in [0.1, 0.15) is 24.1 Å². The van der Waals surface area contributed by atoms with Gasteiger partial charge in [0.25, 0.3) is 0 Å². The quantitative estimate of drug-likeness (QED) is 0.847. The molecule has 1 N–H and O–H groups in total. The summed E-state index contributed by atoms with van der Waals surface area (Å²) in [4.78, 5) is 0.